The highest BCUT2D eigenvalue weighted by molar-refractivity contribution is 5.90. The van der Waals surface area contributed by atoms with Crippen LogP contribution in [0.5, 0.6) is 0 Å². The third kappa shape index (κ3) is 11.8. The van der Waals surface area contributed by atoms with Crippen LogP contribution in [-0.4, -0.2) is 41.6 Å². The van der Waals surface area contributed by atoms with Gasteiger partial charge in [0, 0.05) is 12.8 Å². The van der Waals surface area contributed by atoms with Gasteiger partial charge in [-0.25, -0.2) is 9.59 Å². The number of ether oxygens (including phenoxy) is 3. The zero-order valence-electron chi connectivity index (χ0n) is 24.2. The topological polar surface area (TPSA) is 120 Å². The molecule has 3 aromatic carbocycles. The highest BCUT2D eigenvalue weighted by Crippen LogP contribution is 2.11. The first-order chi connectivity index (χ1) is 20.1. The number of nitrogens with one attached hydrogen (secondary N) is 2. The van der Waals surface area contributed by atoms with E-state index in [4.69, 9.17) is 14.2 Å². The molecule has 0 aromatic heterocycles. The summed E-state index contributed by atoms with van der Waals surface area (Å²) in [5.74, 6) is -1.82. The molecule has 0 aliphatic carbocycles. The van der Waals surface area contributed by atoms with E-state index in [9.17, 15) is 19.2 Å². The van der Waals surface area contributed by atoms with Crippen molar-refractivity contribution in [2.75, 3.05) is 0 Å². The Labute approximate surface area is 246 Å². The van der Waals surface area contributed by atoms with Crippen molar-refractivity contribution in [3.05, 3.63) is 108 Å². The van der Waals surface area contributed by atoms with Crippen molar-refractivity contribution >= 4 is 23.9 Å². The number of amides is 2. The molecule has 0 bridgehead atoms. The molecule has 42 heavy (non-hydrogen) atoms. The summed E-state index contributed by atoms with van der Waals surface area (Å²) >= 11 is 0. The Bertz CT molecular complexity index is 1290. The van der Waals surface area contributed by atoms with Gasteiger partial charge in [0.05, 0.1) is 0 Å². The first-order valence-corrected chi connectivity index (χ1v) is 13.8. The van der Waals surface area contributed by atoms with Crippen molar-refractivity contribution in [2.24, 2.45) is 0 Å². The first-order valence-electron chi connectivity index (χ1n) is 13.8. The van der Waals surface area contributed by atoms with Crippen molar-refractivity contribution in [2.45, 2.75) is 70.9 Å². The Morgan fingerprint density at radius 3 is 1.69 bits per heavy atom. The standard InChI is InChI=1S/C33H38N2O7/c1-33(2,3)42-32(39)35-27(19-20-29(36)40-22-25-15-9-5-10-16-25)30(37)34-28(21-24-13-7-4-8-14-24)31(38)41-23-26-17-11-6-12-18-26/h4-18,27-28H,19-23H2,1-3H3,(H,34,37)(H,35,39)/t27-,28-/m0/s1. The lowest BCUT2D eigenvalue weighted by Gasteiger charge is -2.25. The normalized spacial score (nSPS) is 12.4. The number of alkyl carbamates (subject to hydrolysis) is 1. The van der Waals surface area contributed by atoms with Crippen molar-refractivity contribution in [3.63, 3.8) is 0 Å². The maximum atomic E-state index is 13.5. The zero-order chi connectivity index (χ0) is 30.4. The van der Waals surface area contributed by atoms with Crippen LogP contribution in [0.1, 0.15) is 50.3 Å². The molecule has 222 valence electrons. The molecule has 0 spiro atoms. The summed E-state index contributed by atoms with van der Waals surface area (Å²) in [5, 5.41) is 5.25. The van der Waals surface area contributed by atoms with E-state index in [1.807, 2.05) is 91.0 Å². The Balaban J connectivity index is 1.70. The van der Waals surface area contributed by atoms with Crippen molar-refractivity contribution in [1.29, 1.82) is 0 Å². The van der Waals surface area contributed by atoms with Gasteiger partial charge in [-0.15, -0.1) is 0 Å². The molecule has 9 nitrogen and oxygen atoms in total. The van der Waals surface area contributed by atoms with Gasteiger partial charge in [-0.05, 0) is 43.9 Å². The maximum Gasteiger partial charge on any atom is 0.408 e. The van der Waals surface area contributed by atoms with Crippen LogP contribution < -0.4 is 10.6 Å². The number of hydrogen-bond donors (Lipinski definition) is 2. The second-order valence-corrected chi connectivity index (χ2v) is 10.7. The molecule has 0 heterocycles. The summed E-state index contributed by atoms with van der Waals surface area (Å²) in [4.78, 5) is 51.7. The van der Waals surface area contributed by atoms with Gasteiger partial charge in [0.2, 0.25) is 5.91 Å². The average Bonchev–Trinajstić information content (AvgIpc) is 2.97. The van der Waals surface area contributed by atoms with Crippen molar-refractivity contribution < 1.29 is 33.4 Å². The largest absolute Gasteiger partial charge is 0.461 e. The molecule has 0 aliphatic rings. The van der Waals surface area contributed by atoms with Crippen LogP contribution in [0.4, 0.5) is 4.79 Å². The van der Waals surface area contributed by atoms with Gasteiger partial charge in [0.15, 0.2) is 0 Å². The summed E-state index contributed by atoms with van der Waals surface area (Å²) in [6.07, 6.45) is -0.886. The minimum Gasteiger partial charge on any atom is -0.461 e. The molecular formula is C33H38N2O7. The van der Waals surface area contributed by atoms with Crippen LogP contribution >= 0.6 is 0 Å². The lowest BCUT2D eigenvalue weighted by Crippen LogP contribution is -2.53. The number of carbonyl (C=O) groups excluding carboxylic acids is 4. The molecular weight excluding hydrogens is 536 g/mol. The van der Waals surface area contributed by atoms with Crippen LogP contribution in [0.15, 0.2) is 91.0 Å². The van der Waals surface area contributed by atoms with Crippen LogP contribution in [-0.2, 0) is 48.2 Å². The number of rotatable bonds is 13. The van der Waals surface area contributed by atoms with Gasteiger partial charge in [-0.1, -0.05) is 91.0 Å². The predicted octanol–water partition coefficient (Wildman–Crippen LogP) is 4.87. The highest BCUT2D eigenvalue weighted by Gasteiger charge is 2.30. The lowest BCUT2D eigenvalue weighted by molar-refractivity contribution is -0.149. The third-order valence-electron chi connectivity index (χ3n) is 5.99. The average molecular weight is 575 g/mol. The van der Waals surface area contributed by atoms with E-state index in [0.29, 0.717) is 0 Å². The van der Waals surface area contributed by atoms with E-state index in [0.717, 1.165) is 16.7 Å². The zero-order valence-corrected chi connectivity index (χ0v) is 24.2. The molecule has 0 saturated heterocycles. The van der Waals surface area contributed by atoms with Crippen LogP contribution in [0.3, 0.4) is 0 Å². The van der Waals surface area contributed by atoms with E-state index in [1.54, 1.807) is 20.8 Å². The fraction of sp³-hybridized carbons (Fsp3) is 0.333. The fourth-order valence-corrected chi connectivity index (χ4v) is 3.94. The minimum absolute atomic E-state index is 0.0354. The number of carbonyl (C=O) groups is 4. The fourth-order valence-electron chi connectivity index (χ4n) is 3.94. The van der Waals surface area contributed by atoms with Crippen LogP contribution in [0.25, 0.3) is 0 Å². The van der Waals surface area contributed by atoms with Gasteiger partial charge >= 0.3 is 18.0 Å². The van der Waals surface area contributed by atoms with Gasteiger partial charge in [0.1, 0.15) is 30.9 Å². The Kier molecular flexibility index (Phi) is 12.1. The van der Waals surface area contributed by atoms with Crippen molar-refractivity contribution in [3.8, 4) is 0 Å². The van der Waals surface area contributed by atoms with Gasteiger partial charge in [0.25, 0.3) is 0 Å². The lowest BCUT2D eigenvalue weighted by atomic mass is 10.0. The predicted molar refractivity (Wildman–Crippen MR) is 157 cm³/mol. The van der Waals surface area contributed by atoms with E-state index < -0.39 is 41.6 Å². The molecule has 0 saturated carbocycles. The summed E-state index contributed by atoms with van der Waals surface area (Å²) in [6.45, 7) is 5.21. The molecule has 0 unspecified atom stereocenters. The monoisotopic (exact) mass is 574 g/mol. The molecule has 0 fully saturated rings. The van der Waals surface area contributed by atoms with Crippen LogP contribution in [0.2, 0.25) is 0 Å². The SMILES string of the molecule is CC(C)(C)OC(=O)N[C@@H](CCC(=O)OCc1ccccc1)C(=O)N[C@@H](Cc1ccccc1)C(=O)OCc1ccccc1. The summed E-state index contributed by atoms with van der Waals surface area (Å²) in [6, 6.07) is 25.4. The maximum absolute atomic E-state index is 13.5. The van der Waals surface area contributed by atoms with Crippen LogP contribution in [0, 0.1) is 0 Å². The molecule has 3 rings (SSSR count). The summed E-state index contributed by atoms with van der Waals surface area (Å²) in [5.41, 5.74) is 1.62. The van der Waals surface area contributed by atoms with Gasteiger partial charge < -0.3 is 24.8 Å². The van der Waals surface area contributed by atoms with E-state index in [-0.39, 0.29) is 32.5 Å². The van der Waals surface area contributed by atoms with E-state index in [1.165, 1.54) is 0 Å². The Hall–Kier alpha value is -4.66. The molecule has 2 amide bonds. The van der Waals surface area contributed by atoms with E-state index in [2.05, 4.69) is 10.6 Å². The smallest absolute Gasteiger partial charge is 0.408 e. The summed E-state index contributed by atoms with van der Waals surface area (Å²) in [7, 11) is 0. The second-order valence-electron chi connectivity index (χ2n) is 10.7. The molecule has 2 atom stereocenters. The summed E-state index contributed by atoms with van der Waals surface area (Å²) < 4.78 is 16.2. The molecule has 0 radical (unpaired) electrons. The molecule has 2 N–H and O–H groups in total. The number of benzene rings is 3. The molecule has 9 heteroatoms. The highest BCUT2D eigenvalue weighted by atomic mass is 16.6. The third-order valence-corrected chi connectivity index (χ3v) is 5.99. The minimum atomic E-state index is -1.18. The number of hydrogen-bond acceptors (Lipinski definition) is 7. The van der Waals surface area contributed by atoms with E-state index >= 15 is 0 Å². The van der Waals surface area contributed by atoms with Crippen molar-refractivity contribution in [1.82, 2.24) is 10.6 Å². The quantitative estimate of drug-likeness (QED) is 0.221. The Morgan fingerprint density at radius 1 is 0.667 bits per heavy atom. The second kappa shape index (κ2) is 16.0. The molecule has 3 aromatic rings. The first kappa shape index (κ1) is 31.9. The van der Waals surface area contributed by atoms with Gasteiger partial charge in [-0.2, -0.15) is 0 Å². The number of esters is 2. The Morgan fingerprint density at radius 2 is 1.17 bits per heavy atom. The molecule has 0 aliphatic heterocycles. The van der Waals surface area contributed by atoms with Gasteiger partial charge in [-0.3, -0.25) is 9.59 Å².